The van der Waals surface area contributed by atoms with Crippen LogP contribution in [-0.4, -0.2) is 49.6 Å². The van der Waals surface area contributed by atoms with Crippen molar-refractivity contribution in [2.45, 2.75) is 39.7 Å². The molecule has 1 fully saturated rings. The van der Waals surface area contributed by atoms with Gasteiger partial charge in [0.05, 0.1) is 12.2 Å². The molecule has 8 heteroatoms. The fourth-order valence-corrected chi connectivity index (χ4v) is 3.31. The zero-order valence-electron chi connectivity index (χ0n) is 13.4. The molecule has 1 atom stereocenters. The van der Waals surface area contributed by atoms with Crippen molar-refractivity contribution in [1.29, 1.82) is 0 Å². The summed E-state index contributed by atoms with van der Waals surface area (Å²) in [5.41, 5.74) is 2.44. The molecule has 1 aliphatic rings. The maximum absolute atomic E-state index is 12.6. The monoisotopic (exact) mass is 333 g/mol. The summed E-state index contributed by atoms with van der Waals surface area (Å²) in [5, 5.41) is 3.91. The molecule has 0 bridgehead atoms. The minimum Gasteiger partial charge on any atom is -0.458 e. The molecule has 2 aromatic heterocycles. The molecule has 122 valence electrons. The lowest BCUT2D eigenvalue weighted by atomic mass is 10.1. The molecule has 1 amide bonds. The second-order valence-electron chi connectivity index (χ2n) is 5.75. The maximum Gasteiger partial charge on any atom is 0.317 e. The summed E-state index contributed by atoms with van der Waals surface area (Å²) in [6.07, 6.45) is 1.70. The van der Waals surface area contributed by atoms with E-state index in [1.807, 2.05) is 19.9 Å². The van der Waals surface area contributed by atoms with E-state index in [0.29, 0.717) is 23.1 Å². The first-order valence-electron chi connectivity index (χ1n) is 7.60. The Morgan fingerprint density at radius 1 is 1.30 bits per heavy atom. The van der Waals surface area contributed by atoms with Crippen LogP contribution in [0.25, 0.3) is 0 Å². The maximum atomic E-state index is 12.6. The van der Waals surface area contributed by atoms with E-state index in [1.54, 1.807) is 11.8 Å². The molecule has 2 aromatic rings. The first kappa shape index (κ1) is 15.8. The average molecular weight is 333 g/mol. The molecule has 1 aliphatic heterocycles. The van der Waals surface area contributed by atoms with Crippen LogP contribution in [0.3, 0.4) is 0 Å². The third-order valence-electron chi connectivity index (χ3n) is 3.74. The second kappa shape index (κ2) is 6.57. The molecular weight excluding hydrogens is 314 g/mol. The van der Waals surface area contributed by atoms with Crippen LogP contribution in [0.1, 0.15) is 39.6 Å². The van der Waals surface area contributed by atoms with Crippen molar-refractivity contribution in [1.82, 2.24) is 24.5 Å². The number of aryl methyl sites for hydroxylation is 3. The SMILES string of the molecule is Cc1cc(C)nc(O[C@H]2CCCN(C(=O)c3snnc3C)C2)n1. The molecule has 0 spiro atoms. The highest BCUT2D eigenvalue weighted by Gasteiger charge is 2.28. The van der Waals surface area contributed by atoms with E-state index in [0.717, 1.165) is 42.3 Å². The number of ether oxygens (including phenoxy) is 1. The minimum absolute atomic E-state index is 0.0212. The van der Waals surface area contributed by atoms with Gasteiger partial charge in [-0.1, -0.05) is 4.49 Å². The van der Waals surface area contributed by atoms with E-state index in [9.17, 15) is 4.79 Å². The van der Waals surface area contributed by atoms with Crippen LogP contribution >= 0.6 is 11.5 Å². The van der Waals surface area contributed by atoms with E-state index in [-0.39, 0.29) is 12.0 Å². The Hall–Kier alpha value is -2.09. The quantitative estimate of drug-likeness (QED) is 0.854. The van der Waals surface area contributed by atoms with E-state index in [2.05, 4.69) is 19.6 Å². The Morgan fingerprint density at radius 2 is 2.04 bits per heavy atom. The second-order valence-corrected chi connectivity index (χ2v) is 6.51. The van der Waals surface area contributed by atoms with Gasteiger partial charge in [-0.25, -0.2) is 9.97 Å². The van der Waals surface area contributed by atoms with Crippen molar-refractivity contribution in [2.75, 3.05) is 13.1 Å². The van der Waals surface area contributed by atoms with E-state index < -0.39 is 0 Å². The van der Waals surface area contributed by atoms with Crippen molar-refractivity contribution in [3.63, 3.8) is 0 Å². The summed E-state index contributed by atoms with van der Waals surface area (Å²) in [4.78, 5) is 23.6. The summed E-state index contributed by atoms with van der Waals surface area (Å²) in [5.74, 6) is -0.0212. The first-order valence-corrected chi connectivity index (χ1v) is 8.37. The molecule has 3 rings (SSSR count). The lowest BCUT2D eigenvalue weighted by Gasteiger charge is -2.32. The Kier molecular flexibility index (Phi) is 4.51. The van der Waals surface area contributed by atoms with Gasteiger partial charge >= 0.3 is 6.01 Å². The minimum atomic E-state index is -0.0879. The zero-order valence-corrected chi connectivity index (χ0v) is 14.3. The predicted molar refractivity (Wildman–Crippen MR) is 85.7 cm³/mol. The smallest absolute Gasteiger partial charge is 0.317 e. The summed E-state index contributed by atoms with van der Waals surface area (Å²) in [6, 6.07) is 2.29. The fourth-order valence-electron chi connectivity index (χ4n) is 2.69. The molecule has 1 saturated heterocycles. The van der Waals surface area contributed by atoms with Gasteiger partial charge in [-0.2, -0.15) is 0 Å². The Bertz CT molecular complexity index is 697. The van der Waals surface area contributed by atoms with Crippen molar-refractivity contribution >= 4 is 17.4 Å². The van der Waals surface area contributed by atoms with Gasteiger partial charge in [-0.15, -0.1) is 5.10 Å². The first-order chi connectivity index (χ1) is 11.0. The number of hydrogen-bond acceptors (Lipinski definition) is 7. The Labute approximate surface area is 138 Å². The number of rotatable bonds is 3. The molecule has 3 heterocycles. The Balaban J connectivity index is 1.68. The normalized spacial score (nSPS) is 18.0. The lowest BCUT2D eigenvalue weighted by Crippen LogP contribution is -2.44. The highest BCUT2D eigenvalue weighted by atomic mass is 32.1. The van der Waals surface area contributed by atoms with Crippen LogP contribution in [0.2, 0.25) is 0 Å². The van der Waals surface area contributed by atoms with Crippen molar-refractivity contribution < 1.29 is 9.53 Å². The predicted octanol–water partition coefficient (Wildman–Crippen LogP) is 1.94. The number of amides is 1. The van der Waals surface area contributed by atoms with Gasteiger partial charge in [-0.3, -0.25) is 4.79 Å². The third kappa shape index (κ3) is 3.64. The fraction of sp³-hybridized carbons (Fsp3) is 0.533. The number of piperidine rings is 1. The van der Waals surface area contributed by atoms with Gasteiger partial charge in [0.1, 0.15) is 11.0 Å². The number of nitrogens with zero attached hydrogens (tertiary/aromatic N) is 5. The molecule has 7 nitrogen and oxygen atoms in total. The number of likely N-dealkylation sites (tertiary alicyclic amines) is 1. The van der Waals surface area contributed by atoms with Crippen LogP contribution in [0.5, 0.6) is 6.01 Å². The van der Waals surface area contributed by atoms with Crippen LogP contribution in [0, 0.1) is 20.8 Å². The van der Waals surface area contributed by atoms with Gasteiger partial charge in [0.2, 0.25) is 0 Å². The van der Waals surface area contributed by atoms with Crippen molar-refractivity contribution in [2.24, 2.45) is 0 Å². The van der Waals surface area contributed by atoms with Crippen molar-refractivity contribution in [3.8, 4) is 6.01 Å². The van der Waals surface area contributed by atoms with Gasteiger partial charge in [-0.05, 0) is 51.2 Å². The zero-order chi connectivity index (χ0) is 16.4. The molecule has 0 saturated carbocycles. The van der Waals surface area contributed by atoms with E-state index >= 15 is 0 Å². The van der Waals surface area contributed by atoms with Crippen LogP contribution in [0.4, 0.5) is 0 Å². The molecule has 0 unspecified atom stereocenters. The summed E-state index contributed by atoms with van der Waals surface area (Å²) in [7, 11) is 0. The van der Waals surface area contributed by atoms with Gasteiger partial charge in [0.15, 0.2) is 0 Å². The summed E-state index contributed by atoms with van der Waals surface area (Å²) >= 11 is 1.14. The van der Waals surface area contributed by atoms with E-state index in [1.165, 1.54) is 0 Å². The number of carbonyl (C=O) groups is 1. The largest absolute Gasteiger partial charge is 0.458 e. The number of carbonyl (C=O) groups excluding carboxylic acids is 1. The average Bonchev–Trinajstić information content (AvgIpc) is 2.92. The topological polar surface area (TPSA) is 81.1 Å². The van der Waals surface area contributed by atoms with Gasteiger partial charge < -0.3 is 9.64 Å². The highest BCUT2D eigenvalue weighted by Crippen LogP contribution is 2.20. The molecule has 0 aromatic carbocycles. The van der Waals surface area contributed by atoms with E-state index in [4.69, 9.17) is 4.74 Å². The van der Waals surface area contributed by atoms with Crippen LogP contribution in [-0.2, 0) is 0 Å². The number of aromatic nitrogens is 4. The molecule has 0 radical (unpaired) electrons. The lowest BCUT2D eigenvalue weighted by molar-refractivity contribution is 0.0518. The Morgan fingerprint density at radius 3 is 2.70 bits per heavy atom. The number of hydrogen-bond donors (Lipinski definition) is 0. The summed E-state index contributed by atoms with van der Waals surface area (Å²) in [6.45, 7) is 6.89. The highest BCUT2D eigenvalue weighted by molar-refractivity contribution is 7.07. The standard InChI is InChI=1S/C15H19N5O2S/c1-9-7-10(2)17-15(16-9)22-12-5-4-6-20(8-12)14(21)13-11(3)18-19-23-13/h7,12H,4-6,8H2,1-3H3/t12-/m0/s1. The molecule has 0 aliphatic carbocycles. The molecule has 23 heavy (non-hydrogen) atoms. The third-order valence-corrected chi connectivity index (χ3v) is 4.56. The van der Waals surface area contributed by atoms with Crippen LogP contribution in [0.15, 0.2) is 6.07 Å². The summed E-state index contributed by atoms with van der Waals surface area (Å²) < 4.78 is 9.74. The molecular formula is C15H19N5O2S. The van der Waals surface area contributed by atoms with Crippen molar-refractivity contribution in [3.05, 3.63) is 28.0 Å². The van der Waals surface area contributed by atoms with Gasteiger partial charge in [0.25, 0.3) is 5.91 Å². The molecule has 0 N–H and O–H groups in total. The van der Waals surface area contributed by atoms with Crippen LogP contribution < -0.4 is 4.74 Å². The van der Waals surface area contributed by atoms with Gasteiger partial charge in [0, 0.05) is 17.9 Å².